The molecule has 1 aromatic heterocycles. The molecule has 2 aromatic rings. The number of aromatic nitrogens is 2. The summed E-state index contributed by atoms with van der Waals surface area (Å²) in [5, 5.41) is 8.21. The summed E-state index contributed by atoms with van der Waals surface area (Å²) in [7, 11) is 2.00. The van der Waals surface area contributed by atoms with E-state index in [0.717, 1.165) is 12.2 Å². The minimum absolute atomic E-state index is 0.0329. The minimum Gasteiger partial charge on any atom is -0.310 e. The van der Waals surface area contributed by atoms with Gasteiger partial charge in [0.15, 0.2) is 0 Å². The monoisotopic (exact) mass is 285 g/mol. The smallest absolute Gasteiger partial charge is 0.0756 e. The van der Waals surface area contributed by atoms with E-state index in [1.165, 1.54) is 16.7 Å². The molecular formula is C18H27N3. The molecule has 3 nitrogen and oxygen atoms in total. The molecule has 2 rings (SSSR count). The van der Waals surface area contributed by atoms with Gasteiger partial charge in [0.05, 0.1) is 5.69 Å². The Labute approximate surface area is 128 Å². The number of aryl methyl sites for hydroxylation is 1. The first-order chi connectivity index (χ1) is 9.84. The van der Waals surface area contributed by atoms with Crippen LogP contribution in [0.5, 0.6) is 0 Å². The van der Waals surface area contributed by atoms with Crippen LogP contribution < -0.4 is 5.32 Å². The molecule has 1 unspecified atom stereocenters. The van der Waals surface area contributed by atoms with Crippen molar-refractivity contribution in [2.75, 3.05) is 6.54 Å². The van der Waals surface area contributed by atoms with Gasteiger partial charge in [0, 0.05) is 30.3 Å². The van der Waals surface area contributed by atoms with Crippen LogP contribution in [0.15, 0.2) is 30.5 Å². The van der Waals surface area contributed by atoms with Crippen molar-refractivity contribution in [2.45, 2.75) is 46.1 Å². The fourth-order valence-electron chi connectivity index (χ4n) is 2.78. The molecule has 0 spiro atoms. The maximum absolute atomic E-state index is 4.70. The summed E-state index contributed by atoms with van der Waals surface area (Å²) >= 11 is 0. The average molecular weight is 285 g/mol. The summed E-state index contributed by atoms with van der Waals surface area (Å²) in [5.41, 5.74) is 5.04. The van der Waals surface area contributed by atoms with Gasteiger partial charge in [-0.3, -0.25) is 4.68 Å². The van der Waals surface area contributed by atoms with Gasteiger partial charge in [-0.05, 0) is 24.6 Å². The molecule has 114 valence electrons. The summed E-state index contributed by atoms with van der Waals surface area (Å²) in [6, 6.07) is 8.97. The van der Waals surface area contributed by atoms with Crippen molar-refractivity contribution in [1.29, 1.82) is 0 Å². The zero-order chi connectivity index (χ0) is 15.6. The lowest BCUT2D eigenvalue weighted by molar-refractivity contribution is 0.554. The number of nitrogens with zero attached hydrogens (tertiary/aromatic N) is 2. The first-order valence-electron chi connectivity index (χ1n) is 7.71. The fraction of sp³-hybridized carbons (Fsp3) is 0.500. The predicted octanol–water partition coefficient (Wildman–Crippen LogP) is 4.06. The molecule has 1 heterocycles. The predicted molar refractivity (Wildman–Crippen MR) is 89.4 cm³/mol. The molecule has 0 saturated heterocycles. The van der Waals surface area contributed by atoms with Crippen LogP contribution >= 0.6 is 0 Å². The molecule has 0 fully saturated rings. The number of hydrogen-bond donors (Lipinski definition) is 1. The van der Waals surface area contributed by atoms with Crippen LogP contribution in [0, 0.1) is 0 Å². The summed E-state index contributed by atoms with van der Waals surface area (Å²) in [6.07, 6.45) is 2.14. The Morgan fingerprint density at radius 2 is 1.86 bits per heavy atom. The Bertz CT molecular complexity index is 605. The van der Waals surface area contributed by atoms with Gasteiger partial charge in [0.2, 0.25) is 0 Å². The van der Waals surface area contributed by atoms with Gasteiger partial charge in [0.1, 0.15) is 0 Å². The van der Waals surface area contributed by atoms with Crippen LogP contribution in [0.1, 0.15) is 51.9 Å². The van der Waals surface area contributed by atoms with Crippen molar-refractivity contribution in [3.05, 3.63) is 41.7 Å². The van der Waals surface area contributed by atoms with E-state index in [4.69, 9.17) is 5.10 Å². The molecule has 1 aromatic carbocycles. The molecule has 0 amide bonds. The van der Waals surface area contributed by atoms with Gasteiger partial charge in [-0.25, -0.2) is 0 Å². The van der Waals surface area contributed by atoms with Gasteiger partial charge < -0.3 is 5.32 Å². The highest BCUT2D eigenvalue weighted by molar-refractivity contribution is 5.70. The minimum atomic E-state index is 0.0329. The first-order valence-corrected chi connectivity index (χ1v) is 7.71. The van der Waals surface area contributed by atoms with Gasteiger partial charge in [-0.2, -0.15) is 5.10 Å². The molecule has 1 N–H and O–H groups in total. The quantitative estimate of drug-likeness (QED) is 0.918. The standard InChI is InChI=1S/C18H27N3/c1-7-19-13(2)14-10-8-9-11-15(14)16-12-21(6)20-17(16)18(3,4)5/h8-13,19H,7H2,1-6H3. The number of rotatable bonds is 4. The number of nitrogens with one attached hydrogen (secondary N) is 1. The van der Waals surface area contributed by atoms with Crippen molar-refractivity contribution in [3.63, 3.8) is 0 Å². The molecule has 0 aliphatic rings. The third-order valence-corrected chi connectivity index (χ3v) is 3.77. The number of hydrogen-bond acceptors (Lipinski definition) is 2. The van der Waals surface area contributed by atoms with Crippen molar-refractivity contribution in [1.82, 2.24) is 15.1 Å². The molecule has 0 bridgehead atoms. The molecule has 0 radical (unpaired) electrons. The zero-order valence-electron chi connectivity index (χ0n) is 14.1. The van der Waals surface area contributed by atoms with Crippen LogP contribution in [-0.2, 0) is 12.5 Å². The average Bonchev–Trinajstić information content (AvgIpc) is 2.81. The zero-order valence-corrected chi connectivity index (χ0v) is 14.1. The van der Waals surface area contributed by atoms with E-state index in [-0.39, 0.29) is 5.41 Å². The van der Waals surface area contributed by atoms with E-state index in [1.54, 1.807) is 0 Å². The normalized spacial score (nSPS) is 13.4. The Kier molecular flexibility index (Phi) is 4.52. The van der Waals surface area contributed by atoms with Crippen molar-refractivity contribution in [2.24, 2.45) is 7.05 Å². The van der Waals surface area contributed by atoms with E-state index in [1.807, 2.05) is 11.7 Å². The SMILES string of the molecule is CCNC(C)c1ccccc1-c1cn(C)nc1C(C)(C)C. The van der Waals surface area contributed by atoms with Crippen molar-refractivity contribution in [3.8, 4) is 11.1 Å². The van der Waals surface area contributed by atoms with E-state index >= 15 is 0 Å². The topological polar surface area (TPSA) is 29.9 Å². The van der Waals surface area contributed by atoms with E-state index in [0.29, 0.717) is 6.04 Å². The summed E-state index contributed by atoms with van der Waals surface area (Å²) < 4.78 is 1.92. The van der Waals surface area contributed by atoms with Crippen LogP contribution in [0.2, 0.25) is 0 Å². The Balaban J connectivity index is 2.58. The maximum atomic E-state index is 4.70. The lowest BCUT2D eigenvalue weighted by Gasteiger charge is -2.21. The second-order valence-corrected chi connectivity index (χ2v) is 6.68. The second-order valence-electron chi connectivity index (χ2n) is 6.68. The van der Waals surface area contributed by atoms with E-state index in [9.17, 15) is 0 Å². The van der Waals surface area contributed by atoms with E-state index < -0.39 is 0 Å². The molecule has 0 aliphatic heterocycles. The highest BCUT2D eigenvalue weighted by Gasteiger charge is 2.24. The summed E-state index contributed by atoms with van der Waals surface area (Å²) in [5.74, 6) is 0. The number of benzene rings is 1. The van der Waals surface area contributed by atoms with Gasteiger partial charge in [-0.1, -0.05) is 52.0 Å². The third kappa shape index (κ3) is 3.35. The first kappa shape index (κ1) is 15.8. The van der Waals surface area contributed by atoms with Crippen LogP contribution in [0.3, 0.4) is 0 Å². The lowest BCUT2D eigenvalue weighted by Crippen LogP contribution is -2.19. The highest BCUT2D eigenvalue weighted by Crippen LogP contribution is 2.35. The van der Waals surface area contributed by atoms with Gasteiger partial charge in [0.25, 0.3) is 0 Å². The van der Waals surface area contributed by atoms with Crippen LogP contribution in [0.4, 0.5) is 0 Å². The molecule has 0 aliphatic carbocycles. The van der Waals surface area contributed by atoms with Crippen LogP contribution in [0.25, 0.3) is 11.1 Å². The third-order valence-electron chi connectivity index (χ3n) is 3.77. The molecule has 1 atom stereocenters. The molecule has 21 heavy (non-hydrogen) atoms. The highest BCUT2D eigenvalue weighted by atomic mass is 15.3. The van der Waals surface area contributed by atoms with Gasteiger partial charge in [-0.15, -0.1) is 0 Å². The fourth-order valence-corrected chi connectivity index (χ4v) is 2.78. The Morgan fingerprint density at radius 3 is 2.48 bits per heavy atom. The molecule has 0 saturated carbocycles. The summed E-state index contributed by atoms with van der Waals surface area (Å²) in [6.45, 7) is 12.0. The van der Waals surface area contributed by atoms with Crippen LogP contribution in [-0.4, -0.2) is 16.3 Å². The second kappa shape index (κ2) is 6.02. The Morgan fingerprint density at radius 1 is 1.19 bits per heavy atom. The van der Waals surface area contributed by atoms with E-state index in [2.05, 4.69) is 70.4 Å². The van der Waals surface area contributed by atoms with Crippen molar-refractivity contribution >= 4 is 0 Å². The summed E-state index contributed by atoms with van der Waals surface area (Å²) in [4.78, 5) is 0. The lowest BCUT2D eigenvalue weighted by atomic mass is 9.85. The van der Waals surface area contributed by atoms with Gasteiger partial charge >= 0.3 is 0 Å². The largest absolute Gasteiger partial charge is 0.310 e. The Hall–Kier alpha value is -1.61. The molecule has 3 heteroatoms. The maximum Gasteiger partial charge on any atom is 0.0756 e. The molecular weight excluding hydrogens is 258 g/mol. The van der Waals surface area contributed by atoms with Crippen molar-refractivity contribution < 1.29 is 0 Å².